The molecule has 1 aromatic rings. The predicted octanol–water partition coefficient (Wildman–Crippen LogP) is 4.15. The molecule has 5 rings (SSSR count). The van der Waals surface area contributed by atoms with E-state index in [9.17, 15) is 4.79 Å². The van der Waals surface area contributed by atoms with Crippen LogP contribution in [0.1, 0.15) is 74.8 Å². The number of carbonyl (C=O) groups is 1. The lowest BCUT2D eigenvalue weighted by molar-refractivity contribution is -0.142. The molecule has 2 N–H and O–H groups in total. The van der Waals surface area contributed by atoms with Gasteiger partial charge in [-0.25, -0.2) is 0 Å². The smallest absolute Gasteiger partial charge is 0.238 e. The van der Waals surface area contributed by atoms with Crippen LogP contribution in [-0.4, -0.2) is 35.2 Å². The second-order valence-corrected chi connectivity index (χ2v) is 9.13. The van der Waals surface area contributed by atoms with Crippen LogP contribution in [0, 0.1) is 5.92 Å². The molecule has 4 unspecified atom stereocenters. The van der Waals surface area contributed by atoms with Crippen molar-refractivity contribution >= 4 is 18.3 Å². The number of benzene rings is 1. The van der Waals surface area contributed by atoms with Crippen LogP contribution in [0.3, 0.4) is 0 Å². The van der Waals surface area contributed by atoms with Crippen molar-refractivity contribution in [3.8, 4) is 0 Å². The Morgan fingerprint density at radius 1 is 1.07 bits per heavy atom. The predicted molar refractivity (Wildman–Crippen MR) is 112 cm³/mol. The first-order valence-electron chi connectivity index (χ1n) is 11.0. The number of primary amides is 1. The van der Waals surface area contributed by atoms with E-state index in [-0.39, 0.29) is 30.5 Å². The first kappa shape index (κ1) is 20.2. The van der Waals surface area contributed by atoms with E-state index in [2.05, 4.69) is 29.2 Å². The second-order valence-electron chi connectivity index (χ2n) is 9.13. The molecule has 154 valence electrons. The van der Waals surface area contributed by atoms with Crippen LogP contribution >= 0.6 is 12.4 Å². The van der Waals surface area contributed by atoms with Crippen molar-refractivity contribution in [2.75, 3.05) is 6.54 Å². The Kier molecular flexibility index (Phi) is 5.74. The monoisotopic (exact) mass is 404 g/mol. The molecule has 28 heavy (non-hydrogen) atoms. The summed E-state index contributed by atoms with van der Waals surface area (Å²) in [6.45, 7) is 0.952. The average Bonchev–Trinajstić information content (AvgIpc) is 2.95. The number of ether oxygens (including phenoxy) is 1. The Bertz CT molecular complexity index is 726. The maximum atomic E-state index is 13.0. The van der Waals surface area contributed by atoms with Gasteiger partial charge in [0.05, 0.1) is 6.10 Å². The molecule has 0 spiro atoms. The van der Waals surface area contributed by atoms with E-state index in [0.29, 0.717) is 12.0 Å². The zero-order valence-electron chi connectivity index (χ0n) is 16.6. The third-order valence-electron chi connectivity index (χ3n) is 7.92. The number of carbonyl (C=O) groups excluding carboxylic acids is 1. The zero-order valence-corrected chi connectivity index (χ0v) is 17.5. The average molecular weight is 405 g/mol. The van der Waals surface area contributed by atoms with Gasteiger partial charge >= 0.3 is 0 Å². The van der Waals surface area contributed by atoms with Crippen molar-refractivity contribution in [2.45, 2.75) is 88.0 Å². The molecule has 1 aromatic carbocycles. The van der Waals surface area contributed by atoms with Gasteiger partial charge in [-0.15, -0.1) is 12.4 Å². The highest BCUT2D eigenvalue weighted by atomic mass is 35.5. The summed E-state index contributed by atoms with van der Waals surface area (Å²) in [4.78, 5) is 15.4. The van der Waals surface area contributed by atoms with Gasteiger partial charge in [0.1, 0.15) is 11.8 Å². The molecular weight excluding hydrogens is 372 g/mol. The summed E-state index contributed by atoms with van der Waals surface area (Å²) in [7, 11) is 0. The van der Waals surface area contributed by atoms with Crippen LogP contribution in [0.15, 0.2) is 24.3 Å². The first-order chi connectivity index (χ1) is 13.2. The Morgan fingerprint density at radius 2 is 1.89 bits per heavy atom. The summed E-state index contributed by atoms with van der Waals surface area (Å²) >= 11 is 0. The van der Waals surface area contributed by atoms with Gasteiger partial charge in [0, 0.05) is 12.5 Å². The summed E-state index contributed by atoms with van der Waals surface area (Å²) < 4.78 is 6.64. The second kappa shape index (κ2) is 7.97. The minimum atomic E-state index is -0.575. The van der Waals surface area contributed by atoms with Gasteiger partial charge in [-0.3, -0.25) is 9.69 Å². The van der Waals surface area contributed by atoms with Crippen molar-refractivity contribution in [2.24, 2.45) is 11.7 Å². The number of nitrogens with zero attached hydrogens (tertiary/aromatic N) is 1. The standard InChI is InChI=1S/C23H32N2O2.ClH/c24-22(26)23(19-10-5-8-16-6-1-3-9-18(16)19)14-12-21-25(23)15-13-17-7-2-4-11-20(17)27-21;/h1,3,6,9,17,19-21H,2,4-5,7-8,10-15H2,(H2,24,26);1H/t17?,19-,20?,21?,23?;/m1./s1. The molecule has 5 heteroatoms. The fourth-order valence-electron chi connectivity index (χ4n) is 6.64. The van der Waals surface area contributed by atoms with Gasteiger partial charge < -0.3 is 10.5 Å². The highest BCUT2D eigenvalue weighted by Crippen LogP contribution is 2.51. The van der Waals surface area contributed by atoms with Crippen molar-refractivity contribution in [3.05, 3.63) is 35.4 Å². The van der Waals surface area contributed by atoms with E-state index >= 15 is 0 Å². The molecule has 1 amide bonds. The van der Waals surface area contributed by atoms with E-state index in [1.54, 1.807) is 0 Å². The lowest BCUT2D eigenvalue weighted by Gasteiger charge is -2.45. The van der Waals surface area contributed by atoms with Crippen molar-refractivity contribution in [1.82, 2.24) is 4.90 Å². The summed E-state index contributed by atoms with van der Waals surface area (Å²) in [6.07, 6.45) is 11.8. The van der Waals surface area contributed by atoms with Gasteiger partial charge in [-0.05, 0) is 68.4 Å². The van der Waals surface area contributed by atoms with Crippen molar-refractivity contribution in [3.63, 3.8) is 0 Å². The normalized spacial score (nSPS) is 37.7. The molecule has 0 bridgehead atoms. The number of aryl methyl sites for hydroxylation is 1. The summed E-state index contributed by atoms with van der Waals surface area (Å²) in [5.74, 6) is 0.724. The van der Waals surface area contributed by atoms with Crippen molar-refractivity contribution in [1.29, 1.82) is 0 Å². The van der Waals surface area contributed by atoms with Crippen LogP contribution < -0.4 is 5.73 Å². The third-order valence-corrected chi connectivity index (χ3v) is 7.92. The lowest BCUT2D eigenvalue weighted by atomic mass is 9.69. The minimum absolute atomic E-state index is 0. The van der Waals surface area contributed by atoms with Crippen LogP contribution in [0.5, 0.6) is 0 Å². The van der Waals surface area contributed by atoms with Gasteiger partial charge in [-0.2, -0.15) is 0 Å². The molecule has 3 fully saturated rings. The Morgan fingerprint density at radius 3 is 2.75 bits per heavy atom. The zero-order chi connectivity index (χ0) is 18.4. The largest absolute Gasteiger partial charge is 0.368 e. The van der Waals surface area contributed by atoms with Crippen molar-refractivity contribution < 1.29 is 9.53 Å². The number of nitrogens with two attached hydrogens (primary N) is 1. The minimum Gasteiger partial charge on any atom is -0.368 e. The molecule has 2 aliphatic carbocycles. The highest BCUT2D eigenvalue weighted by molar-refractivity contribution is 5.87. The molecule has 4 aliphatic rings. The molecule has 5 atom stereocenters. The molecule has 0 radical (unpaired) electrons. The summed E-state index contributed by atoms with van der Waals surface area (Å²) in [5.41, 5.74) is 8.37. The number of fused-ring (bicyclic) bond motifs is 3. The number of hydrogen-bond donors (Lipinski definition) is 1. The number of hydrogen-bond acceptors (Lipinski definition) is 3. The molecule has 2 aliphatic heterocycles. The Hall–Kier alpha value is -1.10. The summed E-state index contributed by atoms with van der Waals surface area (Å²) in [5, 5.41) is 0. The number of rotatable bonds is 2. The molecule has 4 nitrogen and oxygen atoms in total. The van der Waals surface area contributed by atoms with Gasteiger partial charge in [-0.1, -0.05) is 37.1 Å². The highest BCUT2D eigenvalue weighted by Gasteiger charge is 2.57. The number of halogens is 1. The molecule has 0 aromatic heterocycles. The SMILES string of the molecule is Cl.NC(=O)C1([C@@H]2CCCc3ccccc32)CCC2OC3CCCCC3CCN21. The Labute approximate surface area is 174 Å². The van der Waals surface area contributed by atoms with Crippen LogP contribution in [0.4, 0.5) is 0 Å². The summed E-state index contributed by atoms with van der Waals surface area (Å²) in [6, 6.07) is 8.70. The van der Waals surface area contributed by atoms with E-state index in [4.69, 9.17) is 10.5 Å². The molecule has 1 saturated carbocycles. The van der Waals surface area contributed by atoms with E-state index < -0.39 is 5.54 Å². The Balaban J connectivity index is 0.00000192. The number of amides is 1. The maximum Gasteiger partial charge on any atom is 0.238 e. The fourth-order valence-corrected chi connectivity index (χ4v) is 6.64. The molecular formula is C23H33ClN2O2. The van der Waals surface area contributed by atoms with E-state index in [1.165, 1.54) is 36.8 Å². The fraction of sp³-hybridized carbons (Fsp3) is 0.696. The maximum absolute atomic E-state index is 13.0. The van der Waals surface area contributed by atoms with Crippen LogP contribution in [0.2, 0.25) is 0 Å². The van der Waals surface area contributed by atoms with E-state index in [1.807, 2.05) is 0 Å². The van der Waals surface area contributed by atoms with Gasteiger partial charge in [0.2, 0.25) is 5.91 Å². The first-order valence-corrected chi connectivity index (χ1v) is 11.0. The van der Waals surface area contributed by atoms with E-state index in [0.717, 1.165) is 45.1 Å². The van der Waals surface area contributed by atoms with Gasteiger partial charge in [0.25, 0.3) is 0 Å². The molecule has 2 saturated heterocycles. The quantitative estimate of drug-likeness (QED) is 0.805. The lowest BCUT2D eigenvalue weighted by Crippen LogP contribution is -2.60. The third kappa shape index (κ3) is 3.09. The van der Waals surface area contributed by atoms with Crippen LogP contribution in [0.25, 0.3) is 0 Å². The van der Waals surface area contributed by atoms with Crippen LogP contribution in [-0.2, 0) is 16.0 Å². The molecule has 2 heterocycles. The topological polar surface area (TPSA) is 55.6 Å². The van der Waals surface area contributed by atoms with Gasteiger partial charge in [0.15, 0.2) is 0 Å².